The zero-order chi connectivity index (χ0) is 18.0. The van der Waals surface area contributed by atoms with Crippen LogP contribution in [-0.2, 0) is 9.59 Å². The minimum atomic E-state index is -0.898. The van der Waals surface area contributed by atoms with Crippen LogP contribution in [0, 0.1) is 11.7 Å². The van der Waals surface area contributed by atoms with Crippen molar-refractivity contribution in [1.29, 1.82) is 0 Å². The van der Waals surface area contributed by atoms with E-state index < -0.39 is 12.0 Å². The largest absolute Gasteiger partial charge is 0.481 e. The van der Waals surface area contributed by atoms with Crippen LogP contribution < -0.4 is 0 Å². The number of carbonyl (C=O) groups excluding carboxylic acids is 1. The van der Waals surface area contributed by atoms with Gasteiger partial charge in [0.2, 0.25) is 0 Å². The fourth-order valence-electron chi connectivity index (χ4n) is 3.35. The number of carboxylic acid groups (broad SMARTS) is 1. The number of piperidine rings is 1. The second-order valence-corrected chi connectivity index (χ2v) is 7.38. The second-order valence-electron chi connectivity index (χ2n) is 6.75. The van der Waals surface area contributed by atoms with Crippen molar-refractivity contribution in [1.82, 2.24) is 4.90 Å². The molecule has 6 heteroatoms. The average molecular weight is 363 g/mol. The lowest BCUT2D eigenvalue weighted by Crippen LogP contribution is -2.42. The molecule has 25 heavy (non-hydrogen) atoms. The van der Waals surface area contributed by atoms with E-state index in [9.17, 15) is 14.0 Å². The van der Waals surface area contributed by atoms with Crippen molar-refractivity contribution in [3.05, 3.63) is 47.3 Å². The molecule has 1 saturated heterocycles. The van der Waals surface area contributed by atoms with E-state index >= 15 is 0 Å². The number of aliphatic carboxylic acids is 1. The lowest BCUT2D eigenvalue weighted by Gasteiger charge is -2.37. The number of carbonyl (C=O) groups is 2. The first-order valence-corrected chi connectivity index (χ1v) is 9.10. The van der Waals surface area contributed by atoms with E-state index in [1.807, 2.05) is 4.90 Å². The first-order valence-electron chi connectivity index (χ1n) is 8.58. The van der Waals surface area contributed by atoms with Crippen molar-refractivity contribution in [2.24, 2.45) is 5.92 Å². The summed E-state index contributed by atoms with van der Waals surface area (Å²) in [5, 5.41) is 8.88. The quantitative estimate of drug-likeness (QED) is 0.602. The predicted molar refractivity (Wildman–Crippen MR) is 96.2 cm³/mol. The van der Waals surface area contributed by atoms with Gasteiger partial charge >= 0.3 is 5.97 Å². The smallest absolute Gasteiger partial charge is 0.307 e. The number of thiol groups is 1. The van der Waals surface area contributed by atoms with E-state index in [2.05, 4.69) is 12.6 Å². The Labute approximate surface area is 152 Å². The maximum Gasteiger partial charge on any atom is 0.307 e. The Kier molecular flexibility index (Phi) is 5.59. The normalized spacial score (nSPS) is 24.2. The first kappa shape index (κ1) is 18.1. The molecule has 1 N–H and O–H groups in total. The second kappa shape index (κ2) is 7.70. The van der Waals surface area contributed by atoms with Gasteiger partial charge in [0.25, 0.3) is 0 Å². The number of carboxylic acids is 1. The maximum atomic E-state index is 14.4. The lowest BCUT2D eigenvalue weighted by molar-refractivity contribution is -0.136. The molecule has 3 rings (SSSR count). The summed E-state index contributed by atoms with van der Waals surface area (Å²) < 4.78 is 14.4. The van der Waals surface area contributed by atoms with E-state index in [1.54, 1.807) is 24.3 Å². The highest BCUT2D eigenvalue weighted by Gasteiger charge is 2.40. The van der Waals surface area contributed by atoms with Crippen LogP contribution in [0.3, 0.4) is 0 Å². The Balaban J connectivity index is 1.88. The Morgan fingerprint density at radius 3 is 2.68 bits per heavy atom. The highest BCUT2D eigenvalue weighted by atomic mass is 32.1. The number of nitrogens with zero attached hydrogens (tertiary/aromatic N) is 1. The van der Waals surface area contributed by atoms with Crippen molar-refractivity contribution in [2.45, 2.75) is 37.0 Å². The van der Waals surface area contributed by atoms with E-state index in [0.717, 1.165) is 18.4 Å². The Hall–Kier alpha value is -1.66. The summed E-state index contributed by atoms with van der Waals surface area (Å²) in [6, 6.07) is 5.82. The summed E-state index contributed by atoms with van der Waals surface area (Å²) in [6.45, 7) is 1.08. The van der Waals surface area contributed by atoms with Gasteiger partial charge in [-0.3, -0.25) is 14.5 Å². The van der Waals surface area contributed by atoms with E-state index in [-0.39, 0.29) is 29.2 Å². The number of ketones is 1. The highest BCUT2D eigenvalue weighted by Crippen LogP contribution is 2.39. The molecule has 2 fully saturated rings. The molecule has 1 aliphatic heterocycles. The molecule has 0 amide bonds. The van der Waals surface area contributed by atoms with Crippen LogP contribution in [-0.4, -0.2) is 40.1 Å². The van der Waals surface area contributed by atoms with Gasteiger partial charge in [-0.05, 0) is 30.9 Å². The first-order chi connectivity index (χ1) is 12.0. The fraction of sp³-hybridized carbons (Fsp3) is 0.474. The van der Waals surface area contributed by atoms with Crippen molar-refractivity contribution < 1.29 is 19.1 Å². The number of likely N-dealkylation sites (tertiary alicyclic amines) is 1. The van der Waals surface area contributed by atoms with Crippen LogP contribution in [0.2, 0.25) is 0 Å². The number of hydrogen-bond acceptors (Lipinski definition) is 4. The number of Topliss-reactive ketones (excluding diaryl/α,β-unsaturated/α-hetero) is 1. The minimum Gasteiger partial charge on any atom is -0.481 e. The van der Waals surface area contributed by atoms with Crippen LogP contribution in [0.25, 0.3) is 0 Å². The summed E-state index contributed by atoms with van der Waals surface area (Å²) in [4.78, 5) is 25.7. The molecular weight excluding hydrogens is 341 g/mol. The van der Waals surface area contributed by atoms with E-state index in [4.69, 9.17) is 5.11 Å². The van der Waals surface area contributed by atoms with Gasteiger partial charge in [0.1, 0.15) is 5.82 Å². The summed E-state index contributed by atoms with van der Waals surface area (Å²) in [5.41, 5.74) is 1.30. The molecule has 2 atom stereocenters. The molecule has 1 heterocycles. The topological polar surface area (TPSA) is 57.6 Å². The molecule has 0 aromatic heterocycles. The average Bonchev–Trinajstić information content (AvgIpc) is 3.41. The summed E-state index contributed by atoms with van der Waals surface area (Å²) in [5.74, 6) is -1.18. The molecule has 0 radical (unpaired) electrons. The molecule has 0 bridgehead atoms. The molecule has 2 unspecified atom stereocenters. The standard InChI is InChI=1S/C19H22FNO3S/c20-15-4-2-1-3-14(15)18(19(24)12-5-6-12)21-10-9-16(25)13(11-21)7-8-17(22)23/h1-4,7,12,16,18,25H,5-6,8-11H2,(H,22,23). The lowest BCUT2D eigenvalue weighted by atomic mass is 9.93. The van der Waals surface area contributed by atoms with E-state index in [0.29, 0.717) is 25.1 Å². The number of rotatable bonds is 6. The molecule has 134 valence electrons. The van der Waals surface area contributed by atoms with Gasteiger partial charge in [0, 0.05) is 29.8 Å². The van der Waals surface area contributed by atoms with Gasteiger partial charge in [0.05, 0.1) is 12.5 Å². The van der Waals surface area contributed by atoms with Crippen LogP contribution in [0.4, 0.5) is 4.39 Å². The molecule has 1 aliphatic carbocycles. The third-order valence-corrected chi connectivity index (χ3v) is 5.45. The van der Waals surface area contributed by atoms with Crippen LogP contribution in [0.15, 0.2) is 35.9 Å². The maximum absolute atomic E-state index is 14.4. The molecule has 1 saturated carbocycles. The number of hydrogen-bond donors (Lipinski definition) is 2. The molecule has 0 spiro atoms. The van der Waals surface area contributed by atoms with Crippen molar-refractivity contribution >= 4 is 24.4 Å². The summed E-state index contributed by atoms with van der Waals surface area (Å²) in [6.07, 6.45) is 4.05. The Morgan fingerprint density at radius 1 is 1.32 bits per heavy atom. The SMILES string of the molecule is O=C(O)CC=C1CN(C(C(=O)C2CC2)c2ccccc2F)CCC1S. The highest BCUT2D eigenvalue weighted by molar-refractivity contribution is 7.81. The molecule has 1 aromatic carbocycles. The zero-order valence-corrected chi connectivity index (χ0v) is 14.8. The summed E-state index contributed by atoms with van der Waals surface area (Å²) in [7, 11) is 0. The predicted octanol–water partition coefficient (Wildman–Crippen LogP) is 3.25. The fourth-order valence-corrected chi connectivity index (χ4v) is 3.65. The van der Waals surface area contributed by atoms with Crippen LogP contribution in [0.1, 0.15) is 37.3 Å². The van der Waals surface area contributed by atoms with Crippen LogP contribution in [0.5, 0.6) is 0 Å². The zero-order valence-electron chi connectivity index (χ0n) is 13.9. The summed E-state index contributed by atoms with van der Waals surface area (Å²) >= 11 is 4.53. The van der Waals surface area contributed by atoms with Crippen LogP contribution >= 0.6 is 12.6 Å². The minimum absolute atomic E-state index is 0.0183. The molecular formula is C19H22FNO3S. The van der Waals surface area contributed by atoms with Gasteiger partial charge in [-0.2, -0.15) is 12.6 Å². The molecule has 4 nitrogen and oxygen atoms in total. The third kappa shape index (κ3) is 4.30. The Bertz CT molecular complexity index is 702. The monoisotopic (exact) mass is 363 g/mol. The number of benzene rings is 1. The molecule has 1 aromatic rings. The van der Waals surface area contributed by atoms with Gasteiger partial charge in [-0.1, -0.05) is 24.3 Å². The molecule has 2 aliphatic rings. The van der Waals surface area contributed by atoms with Crippen molar-refractivity contribution in [3.63, 3.8) is 0 Å². The van der Waals surface area contributed by atoms with Gasteiger partial charge in [-0.25, -0.2) is 4.39 Å². The van der Waals surface area contributed by atoms with Gasteiger partial charge < -0.3 is 5.11 Å². The van der Waals surface area contributed by atoms with Gasteiger partial charge in [0.15, 0.2) is 5.78 Å². The van der Waals surface area contributed by atoms with Crippen molar-refractivity contribution in [2.75, 3.05) is 13.1 Å². The van der Waals surface area contributed by atoms with Crippen molar-refractivity contribution in [3.8, 4) is 0 Å². The number of halogens is 1. The van der Waals surface area contributed by atoms with E-state index in [1.165, 1.54) is 6.07 Å². The Morgan fingerprint density at radius 2 is 2.04 bits per heavy atom. The third-order valence-electron chi connectivity index (χ3n) is 4.86. The van der Waals surface area contributed by atoms with Gasteiger partial charge in [-0.15, -0.1) is 0 Å².